The van der Waals surface area contributed by atoms with E-state index in [2.05, 4.69) is 5.32 Å². The Hall–Kier alpha value is -3.88. The van der Waals surface area contributed by atoms with Crippen LogP contribution in [-0.4, -0.2) is 56.0 Å². The second kappa shape index (κ2) is 9.75. The Morgan fingerprint density at radius 3 is 2.19 bits per heavy atom. The number of imide groups is 1. The predicted molar refractivity (Wildman–Crippen MR) is 109 cm³/mol. The number of carbonyl (C=O) groups excluding carboxylic acids is 4. The van der Waals surface area contributed by atoms with E-state index in [4.69, 9.17) is 14.2 Å². The fraction of sp³-hybridized carbons (Fsp3) is 0.273. The summed E-state index contributed by atoms with van der Waals surface area (Å²) in [5.74, 6) is -0.942. The smallest absolute Gasteiger partial charge is 0.308 e. The molecule has 1 aliphatic heterocycles. The van der Waals surface area contributed by atoms with Crippen molar-refractivity contribution in [2.45, 2.75) is 13.0 Å². The van der Waals surface area contributed by atoms with Crippen molar-refractivity contribution >= 4 is 23.7 Å². The van der Waals surface area contributed by atoms with Crippen molar-refractivity contribution in [2.24, 2.45) is 0 Å². The van der Waals surface area contributed by atoms with E-state index in [1.165, 1.54) is 14.2 Å². The summed E-state index contributed by atoms with van der Waals surface area (Å²) in [6, 6.07) is 11.7. The van der Waals surface area contributed by atoms with Crippen LogP contribution in [0.3, 0.4) is 0 Å². The summed E-state index contributed by atoms with van der Waals surface area (Å²) in [4.78, 5) is 49.4. The van der Waals surface area contributed by atoms with Crippen LogP contribution >= 0.6 is 0 Å². The van der Waals surface area contributed by atoms with Crippen molar-refractivity contribution < 1.29 is 33.4 Å². The lowest BCUT2D eigenvalue weighted by Crippen LogP contribution is -2.33. The number of hydrogen-bond acceptors (Lipinski definition) is 7. The maximum Gasteiger partial charge on any atom is 0.308 e. The number of ether oxygens (including phenoxy) is 3. The zero-order valence-corrected chi connectivity index (χ0v) is 17.2. The molecule has 1 aliphatic rings. The van der Waals surface area contributed by atoms with Crippen molar-refractivity contribution in [1.82, 2.24) is 10.2 Å². The van der Waals surface area contributed by atoms with Crippen molar-refractivity contribution in [3.05, 3.63) is 59.2 Å². The van der Waals surface area contributed by atoms with Crippen molar-refractivity contribution in [3.8, 4) is 11.5 Å². The molecule has 0 aliphatic carbocycles. The first kappa shape index (κ1) is 21.8. The van der Waals surface area contributed by atoms with E-state index >= 15 is 0 Å². The zero-order chi connectivity index (χ0) is 22.4. The van der Waals surface area contributed by atoms with Gasteiger partial charge in [-0.1, -0.05) is 18.2 Å². The fourth-order valence-electron chi connectivity index (χ4n) is 3.11. The fourth-order valence-corrected chi connectivity index (χ4v) is 3.11. The number of methoxy groups -OCH3 is 2. The van der Waals surface area contributed by atoms with E-state index in [-0.39, 0.29) is 19.5 Å². The number of fused-ring (bicyclic) bond motifs is 1. The summed E-state index contributed by atoms with van der Waals surface area (Å²) in [5, 5.41) is 2.64. The average molecular weight is 426 g/mol. The molecule has 0 fully saturated rings. The van der Waals surface area contributed by atoms with Crippen LogP contribution in [0.15, 0.2) is 42.5 Å². The largest absolute Gasteiger partial charge is 0.493 e. The number of carbonyl (C=O) groups is 4. The molecule has 0 unspecified atom stereocenters. The summed E-state index contributed by atoms with van der Waals surface area (Å²) in [6.07, 6.45) is -0.200. The Labute approximate surface area is 178 Å². The van der Waals surface area contributed by atoms with Crippen molar-refractivity contribution in [3.63, 3.8) is 0 Å². The molecule has 0 spiro atoms. The second-order valence-corrected chi connectivity index (χ2v) is 6.68. The summed E-state index contributed by atoms with van der Waals surface area (Å²) in [5.41, 5.74) is 1.41. The lowest BCUT2D eigenvalue weighted by atomic mass is 10.1. The highest BCUT2D eigenvalue weighted by atomic mass is 16.5. The second-order valence-electron chi connectivity index (χ2n) is 6.68. The molecule has 31 heavy (non-hydrogen) atoms. The topological polar surface area (TPSA) is 111 Å². The third-order valence-corrected chi connectivity index (χ3v) is 4.72. The highest BCUT2D eigenvalue weighted by Crippen LogP contribution is 2.27. The first-order valence-corrected chi connectivity index (χ1v) is 9.53. The number of nitrogens with zero attached hydrogens (tertiary/aromatic N) is 1. The third-order valence-electron chi connectivity index (χ3n) is 4.72. The van der Waals surface area contributed by atoms with Crippen LogP contribution in [0.25, 0.3) is 0 Å². The molecule has 2 aromatic carbocycles. The van der Waals surface area contributed by atoms with Crippen LogP contribution in [0.4, 0.5) is 0 Å². The molecule has 0 atom stereocenters. The van der Waals surface area contributed by atoms with E-state index in [1.807, 2.05) is 0 Å². The van der Waals surface area contributed by atoms with Gasteiger partial charge in [-0.2, -0.15) is 0 Å². The predicted octanol–water partition coefficient (Wildman–Crippen LogP) is 1.55. The van der Waals surface area contributed by atoms with Crippen LogP contribution in [0.2, 0.25) is 0 Å². The van der Waals surface area contributed by atoms with Crippen LogP contribution in [0.5, 0.6) is 11.5 Å². The average Bonchev–Trinajstić information content (AvgIpc) is 3.04. The first-order valence-electron chi connectivity index (χ1n) is 9.53. The summed E-state index contributed by atoms with van der Waals surface area (Å²) in [6.45, 7) is -0.363. The van der Waals surface area contributed by atoms with Crippen molar-refractivity contribution in [2.75, 3.05) is 27.4 Å². The van der Waals surface area contributed by atoms with Gasteiger partial charge < -0.3 is 19.5 Å². The van der Waals surface area contributed by atoms with E-state index in [0.717, 1.165) is 10.5 Å². The molecule has 0 saturated heterocycles. The molecule has 0 saturated carbocycles. The Balaban J connectivity index is 1.41. The molecule has 3 rings (SSSR count). The lowest BCUT2D eigenvalue weighted by Gasteiger charge is -2.13. The number of esters is 1. The van der Waals surface area contributed by atoms with Gasteiger partial charge in [-0.05, 0) is 29.8 Å². The number of nitrogens with one attached hydrogen (secondary N) is 1. The first-order chi connectivity index (χ1) is 14.9. The Kier molecular flexibility index (Phi) is 6.86. The van der Waals surface area contributed by atoms with Crippen LogP contribution in [0, 0.1) is 0 Å². The molecular formula is C22H22N2O7. The Bertz CT molecular complexity index is 984. The highest BCUT2D eigenvalue weighted by Gasteiger charge is 2.35. The molecule has 9 heteroatoms. The maximum atomic E-state index is 12.3. The number of rotatable bonds is 9. The summed E-state index contributed by atoms with van der Waals surface area (Å²) < 4.78 is 15.3. The summed E-state index contributed by atoms with van der Waals surface area (Å²) >= 11 is 0. The maximum absolute atomic E-state index is 12.3. The van der Waals surface area contributed by atoms with E-state index in [0.29, 0.717) is 22.6 Å². The molecule has 3 amide bonds. The number of amides is 3. The Morgan fingerprint density at radius 1 is 0.935 bits per heavy atom. The molecule has 9 nitrogen and oxygen atoms in total. The monoisotopic (exact) mass is 426 g/mol. The molecule has 0 bridgehead atoms. The quantitative estimate of drug-likeness (QED) is 0.478. The molecular weight excluding hydrogens is 404 g/mol. The highest BCUT2D eigenvalue weighted by molar-refractivity contribution is 6.21. The number of benzene rings is 2. The van der Waals surface area contributed by atoms with Gasteiger partial charge in [0, 0.05) is 13.1 Å². The van der Waals surface area contributed by atoms with Gasteiger partial charge in [0.05, 0.1) is 31.8 Å². The van der Waals surface area contributed by atoms with Gasteiger partial charge in [0.2, 0.25) is 0 Å². The SMILES string of the molecule is COc1ccc(CNC(=O)COC(=O)CCN2C(=O)c3ccccc3C2=O)cc1OC. The molecule has 1 N–H and O–H groups in total. The molecule has 0 aromatic heterocycles. The molecule has 162 valence electrons. The van der Waals surface area contributed by atoms with Gasteiger partial charge in [0.1, 0.15) is 0 Å². The minimum Gasteiger partial charge on any atom is -0.493 e. The van der Waals surface area contributed by atoms with Crippen LogP contribution < -0.4 is 14.8 Å². The lowest BCUT2D eigenvalue weighted by molar-refractivity contribution is -0.148. The minimum atomic E-state index is -0.683. The van der Waals surface area contributed by atoms with Gasteiger partial charge in [0.15, 0.2) is 18.1 Å². The van der Waals surface area contributed by atoms with E-state index < -0.39 is 30.3 Å². The number of hydrogen-bond donors (Lipinski definition) is 1. The van der Waals surface area contributed by atoms with E-state index in [9.17, 15) is 19.2 Å². The molecule has 1 heterocycles. The van der Waals surface area contributed by atoms with Gasteiger partial charge >= 0.3 is 5.97 Å². The minimum absolute atomic E-state index is 0.113. The van der Waals surface area contributed by atoms with Crippen molar-refractivity contribution in [1.29, 1.82) is 0 Å². The molecule has 0 radical (unpaired) electrons. The zero-order valence-electron chi connectivity index (χ0n) is 17.2. The van der Waals surface area contributed by atoms with Gasteiger partial charge in [-0.3, -0.25) is 24.1 Å². The van der Waals surface area contributed by atoms with Gasteiger partial charge in [-0.25, -0.2) is 0 Å². The normalized spacial score (nSPS) is 12.4. The Morgan fingerprint density at radius 2 is 1.58 bits per heavy atom. The van der Waals surface area contributed by atoms with E-state index in [1.54, 1.807) is 42.5 Å². The standard InChI is InChI=1S/C22H22N2O7/c1-29-17-8-7-14(11-18(17)30-2)12-23-19(25)13-31-20(26)9-10-24-21(27)15-5-3-4-6-16(15)22(24)28/h3-8,11H,9-10,12-13H2,1-2H3,(H,23,25). The van der Waals surface area contributed by atoms with Crippen LogP contribution in [-0.2, 0) is 20.9 Å². The van der Waals surface area contributed by atoms with Gasteiger partial charge in [-0.15, -0.1) is 0 Å². The molecule has 2 aromatic rings. The van der Waals surface area contributed by atoms with Crippen LogP contribution in [0.1, 0.15) is 32.7 Å². The third kappa shape index (κ3) is 5.00. The van der Waals surface area contributed by atoms with Gasteiger partial charge in [0.25, 0.3) is 17.7 Å². The summed E-state index contributed by atoms with van der Waals surface area (Å²) in [7, 11) is 3.05.